The standard InChI is InChI=1S/C7H10S2/c8-7(9)4-5-1-2-6(7)3-5/h1-2,5-6,8-9H,3-4H2. The molecule has 2 unspecified atom stereocenters. The number of allylic oxidation sites excluding steroid dienone is 2. The van der Waals surface area contributed by atoms with Gasteiger partial charge in [0.15, 0.2) is 0 Å². The highest BCUT2D eigenvalue weighted by molar-refractivity contribution is 8.00. The Labute approximate surface area is 66.5 Å². The van der Waals surface area contributed by atoms with Crippen molar-refractivity contribution in [2.75, 3.05) is 0 Å². The van der Waals surface area contributed by atoms with Crippen LogP contribution in [0.25, 0.3) is 0 Å². The van der Waals surface area contributed by atoms with E-state index in [1.807, 2.05) is 0 Å². The Morgan fingerprint density at radius 2 is 2.11 bits per heavy atom. The van der Waals surface area contributed by atoms with Gasteiger partial charge in [0.25, 0.3) is 0 Å². The summed E-state index contributed by atoms with van der Waals surface area (Å²) in [5.74, 6) is 1.42. The maximum Gasteiger partial charge on any atom is 0.0620 e. The van der Waals surface area contributed by atoms with E-state index in [4.69, 9.17) is 0 Å². The van der Waals surface area contributed by atoms with Gasteiger partial charge in [-0.25, -0.2) is 0 Å². The van der Waals surface area contributed by atoms with Gasteiger partial charge in [-0.3, -0.25) is 0 Å². The molecule has 0 radical (unpaired) electrons. The lowest BCUT2D eigenvalue weighted by Gasteiger charge is -2.23. The minimum Gasteiger partial charge on any atom is -0.161 e. The van der Waals surface area contributed by atoms with Gasteiger partial charge in [-0.05, 0) is 18.8 Å². The first-order valence-corrected chi connectivity index (χ1v) is 4.21. The summed E-state index contributed by atoms with van der Waals surface area (Å²) in [6.07, 6.45) is 7.00. The zero-order valence-electron chi connectivity index (χ0n) is 5.12. The van der Waals surface area contributed by atoms with Crippen molar-refractivity contribution in [2.45, 2.75) is 16.9 Å². The first-order chi connectivity index (χ1) is 4.18. The molecule has 0 amide bonds. The summed E-state index contributed by atoms with van der Waals surface area (Å²) in [5, 5.41) is 0. The van der Waals surface area contributed by atoms with Gasteiger partial charge >= 0.3 is 0 Å². The minimum absolute atomic E-state index is 0.0133. The van der Waals surface area contributed by atoms with E-state index in [2.05, 4.69) is 37.4 Å². The van der Waals surface area contributed by atoms with Gasteiger partial charge in [0.2, 0.25) is 0 Å². The molecule has 2 aliphatic rings. The van der Waals surface area contributed by atoms with Crippen molar-refractivity contribution in [3.05, 3.63) is 12.2 Å². The van der Waals surface area contributed by atoms with Gasteiger partial charge in [0, 0.05) is 5.92 Å². The Morgan fingerprint density at radius 1 is 1.33 bits per heavy atom. The summed E-state index contributed by atoms with van der Waals surface area (Å²) in [6, 6.07) is 0. The molecule has 50 valence electrons. The Bertz CT molecular complexity index is 160. The molecule has 0 aliphatic heterocycles. The van der Waals surface area contributed by atoms with Crippen molar-refractivity contribution in [2.24, 2.45) is 11.8 Å². The third-order valence-electron chi connectivity index (χ3n) is 2.33. The molecule has 2 rings (SSSR count). The molecular formula is C7H10S2. The molecule has 2 bridgehead atoms. The monoisotopic (exact) mass is 158 g/mol. The van der Waals surface area contributed by atoms with E-state index in [1.54, 1.807) is 0 Å². The molecule has 1 saturated carbocycles. The number of thiol groups is 2. The summed E-state index contributed by atoms with van der Waals surface area (Å²) in [6.45, 7) is 0. The van der Waals surface area contributed by atoms with Crippen LogP contribution in [0.1, 0.15) is 12.8 Å². The molecule has 0 aromatic rings. The van der Waals surface area contributed by atoms with Gasteiger partial charge in [0.1, 0.15) is 0 Å². The second-order valence-corrected chi connectivity index (χ2v) is 5.02. The van der Waals surface area contributed by atoms with Gasteiger partial charge in [-0.15, -0.1) is 0 Å². The van der Waals surface area contributed by atoms with Crippen LogP contribution in [-0.4, -0.2) is 4.08 Å². The van der Waals surface area contributed by atoms with E-state index in [0.29, 0.717) is 5.92 Å². The molecule has 0 saturated heterocycles. The number of rotatable bonds is 0. The molecule has 9 heavy (non-hydrogen) atoms. The topological polar surface area (TPSA) is 0 Å². The summed E-state index contributed by atoms with van der Waals surface area (Å²) < 4.78 is 0.0133. The van der Waals surface area contributed by atoms with Crippen molar-refractivity contribution in [3.8, 4) is 0 Å². The van der Waals surface area contributed by atoms with Crippen LogP contribution in [0, 0.1) is 11.8 Å². The predicted molar refractivity (Wildman–Crippen MR) is 46.1 cm³/mol. The van der Waals surface area contributed by atoms with Crippen LogP contribution in [0.3, 0.4) is 0 Å². The molecule has 0 aromatic carbocycles. The lowest BCUT2D eigenvalue weighted by atomic mass is 10.1. The summed E-state index contributed by atoms with van der Waals surface area (Å²) >= 11 is 8.93. The van der Waals surface area contributed by atoms with E-state index in [0.717, 1.165) is 12.3 Å². The first kappa shape index (κ1) is 6.17. The van der Waals surface area contributed by atoms with Crippen molar-refractivity contribution in [1.82, 2.24) is 0 Å². The SMILES string of the molecule is SC1(S)CC2C=CC1C2. The van der Waals surface area contributed by atoms with Crippen molar-refractivity contribution in [1.29, 1.82) is 0 Å². The Hall–Kier alpha value is 0.440. The van der Waals surface area contributed by atoms with Crippen molar-refractivity contribution < 1.29 is 0 Å². The Kier molecular flexibility index (Phi) is 1.18. The van der Waals surface area contributed by atoms with Crippen LogP contribution in [0.5, 0.6) is 0 Å². The second kappa shape index (κ2) is 1.73. The highest BCUT2D eigenvalue weighted by Crippen LogP contribution is 2.51. The summed E-state index contributed by atoms with van der Waals surface area (Å²) in [5.41, 5.74) is 0. The van der Waals surface area contributed by atoms with Gasteiger partial charge < -0.3 is 0 Å². The molecular weight excluding hydrogens is 148 g/mol. The lowest BCUT2D eigenvalue weighted by molar-refractivity contribution is 0.682. The van der Waals surface area contributed by atoms with Crippen LogP contribution in [0.15, 0.2) is 12.2 Å². The van der Waals surface area contributed by atoms with Crippen LogP contribution in [-0.2, 0) is 0 Å². The second-order valence-electron chi connectivity index (χ2n) is 3.07. The number of fused-ring (bicyclic) bond motifs is 2. The van der Waals surface area contributed by atoms with Crippen LogP contribution in [0.4, 0.5) is 0 Å². The fraction of sp³-hybridized carbons (Fsp3) is 0.714. The van der Waals surface area contributed by atoms with E-state index < -0.39 is 0 Å². The van der Waals surface area contributed by atoms with E-state index in [-0.39, 0.29) is 4.08 Å². The third kappa shape index (κ3) is 0.838. The molecule has 0 nitrogen and oxygen atoms in total. The lowest BCUT2D eigenvalue weighted by Crippen LogP contribution is -2.18. The number of hydrogen-bond acceptors (Lipinski definition) is 2. The van der Waals surface area contributed by atoms with Crippen LogP contribution >= 0.6 is 25.3 Å². The maximum atomic E-state index is 4.47. The smallest absolute Gasteiger partial charge is 0.0620 e. The minimum atomic E-state index is 0.0133. The summed E-state index contributed by atoms with van der Waals surface area (Å²) in [7, 11) is 0. The fourth-order valence-electron chi connectivity index (χ4n) is 1.81. The molecule has 2 heteroatoms. The highest BCUT2D eigenvalue weighted by Gasteiger charge is 2.43. The zero-order chi connectivity index (χ0) is 6.48. The van der Waals surface area contributed by atoms with E-state index >= 15 is 0 Å². The maximum absolute atomic E-state index is 4.47. The zero-order valence-corrected chi connectivity index (χ0v) is 6.91. The van der Waals surface area contributed by atoms with Crippen molar-refractivity contribution in [3.63, 3.8) is 0 Å². The molecule has 2 atom stereocenters. The quantitative estimate of drug-likeness (QED) is 0.301. The predicted octanol–water partition coefficient (Wildman–Crippen LogP) is 2.14. The van der Waals surface area contributed by atoms with E-state index in [1.165, 1.54) is 6.42 Å². The third-order valence-corrected chi connectivity index (χ3v) is 3.36. The largest absolute Gasteiger partial charge is 0.161 e. The van der Waals surface area contributed by atoms with Gasteiger partial charge in [-0.2, -0.15) is 25.3 Å². The Balaban J connectivity index is 2.29. The molecule has 0 heterocycles. The van der Waals surface area contributed by atoms with Crippen LogP contribution < -0.4 is 0 Å². The van der Waals surface area contributed by atoms with Gasteiger partial charge in [-0.1, -0.05) is 12.2 Å². The van der Waals surface area contributed by atoms with Gasteiger partial charge in [0.05, 0.1) is 4.08 Å². The molecule has 0 spiro atoms. The fourth-order valence-corrected chi connectivity index (χ4v) is 2.66. The average Bonchev–Trinajstić information content (AvgIpc) is 2.19. The molecule has 2 aliphatic carbocycles. The van der Waals surface area contributed by atoms with Crippen LogP contribution in [0.2, 0.25) is 0 Å². The first-order valence-electron chi connectivity index (χ1n) is 3.31. The molecule has 0 N–H and O–H groups in total. The average molecular weight is 158 g/mol. The normalized spacial score (nSPS) is 44.2. The molecule has 1 fully saturated rings. The van der Waals surface area contributed by atoms with E-state index in [9.17, 15) is 0 Å². The Morgan fingerprint density at radius 3 is 2.33 bits per heavy atom. The van der Waals surface area contributed by atoms with Crippen molar-refractivity contribution >= 4 is 25.3 Å². The highest BCUT2D eigenvalue weighted by atomic mass is 32.2. The molecule has 0 aromatic heterocycles. The number of hydrogen-bond donors (Lipinski definition) is 2. The summed E-state index contributed by atoms with van der Waals surface area (Å²) in [4.78, 5) is 0.